The number of thioether (sulfide) groups is 1. The van der Waals surface area contributed by atoms with Gasteiger partial charge in [-0.15, -0.1) is 0 Å². The minimum atomic E-state index is -3.55. The van der Waals surface area contributed by atoms with Crippen molar-refractivity contribution in [3.63, 3.8) is 0 Å². The van der Waals surface area contributed by atoms with Crippen molar-refractivity contribution >= 4 is 45.0 Å². The number of nitrogens with zero attached hydrogens (tertiary/aromatic N) is 1. The molecule has 4 nitrogen and oxygen atoms in total. The minimum absolute atomic E-state index is 0.0333. The lowest BCUT2D eigenvalue weighted by molar-refractivity contribution is 0.576. The molecule has 108 valence electrons. The average Bonchev–Trinajstić information content (AvgIpc) is 2.36. The molecule has 0 spiro atoms. The van der Waals surface area contributed by atoms with Crippen LogP contribution in [0.5, 0.6) is 0 Å². The summed E-state index contributed by atoms with van der Waals surface area (Å²) in [5, 5.41) is 0.224. The molecule has 0 saturated heterocycles. The number of pyridine rings is 1. The van der Waals surface area contributed by atoms with E-state index in [1.807, 2.05) is 0 Å². The van der Waals surface area contributed by atoms with Crippen LogP contribution in [0.25, 0.3) is 0 Å². The zero-order valence-electron chi connectivity index (χ0n) is 10.5. The molecule has 0 aromatic carbocycles. The van der Waals surface area contributed by atoms with Crippen LogP contribution >= 0.6 is 35.0 Å². The highest BCUT2D eigenvalue weighted by Crippen LogP contribution is 2.21. The molecule has 0 atom stereocenters. The largest absolute Gasteiger partial charge is 0.242 e. The first-order chi connectivity index (χ1) is 8.97. The Morgan fingerprint density at radius 2 is 2.05 bits per heavy atom. The SMILES string of the molecule is CSCCCCCNS(=O)(=O)c1cnc(Cl)c(Cl)c1. The van der Waals surface area contributed by atoms with E-state index in [1.165, 1.54) is 12.3 Å². The zero-order chi connectivity index (χ0) is 14.3. The molecule has 0 amide bonds. The lowest BCUT2D eigenvalue weighted by Gasteiger charge is -2.07. The molecule has 1 N–H and O–H groups in total. The van der Waals surface area contributed by atoms with E-state index in [-0.39, 0.29) is 15.1 Å². The molecule has 8 heteroatoms. The highest BCUT2D eigenvalue weighted by molar-refractivity contribution is 7.98. The summed E-state index contributed by atoms with van der Waals surface area (Å²) in [7, 11) is -3.55. The number of halogens is 2. The molecular formula is C11H16Cl2N2O2S2. The summed E-state index contributed by atoms with van der Waals surface area (Å²) in [6.07, 6.45) is 6.17. The number of aromatic nitrogens is 1. The van der Waals surface area contributed by atoms with Crippen molar-refractivity contribution in [3.8, 4) is 0 Å². The lowest BCUT2D eigenvalue weighted by atomic mass is 10.2. The zero-order valence-corrected chi connectivity index (χ0v) is 13.7. The maximum atomic E-state index is 11.9. The Balaban J connectivity index is 2.49. The van der Waals surface area contributed by atoms with Gasteiger partial charge in [-0.25, -0.2) is 18.1 Å². The van der Waals surface area contributed by atoms with Crippen LogP contribution in [0.1, 0.15) is 19.3 Å². The first-order valence-corrected chi connectivity index (χ1v) is 9.40. The summed E-state index contributed by atoms with van der Waals surface area (Å²) < 4.78 is 26.4. The fourth-order valence-corrected chi connectivity index (χ4v) is 3.26. The Hall–Kier alpha value is -0.0100. The van der Waals surface area contributed by atoms with Crippen molar-refractivity contribution in [1.82, 2.24) is 9.71 Å². The van der Waals surface area contributed by atoms with Gasteiger partial charge in [0.2, 0.25) is 10.0 Å². The molecule has 0 aliphatic heterocycles. The summed E-state index contributed by atoms with van der Waals surface area (Å²) >= 11 is 13.2. The van der Waals surface area contributed by atoms with Gasteiger partial charge in [0.1, 0.15) is 10.0 Å². The molecule has 0 unspecified atom stereocenters. The van der Waals surface area contributed by atoms with Gasteiger partial charge in [-0.05, 0) is 30.9 Å². The van der Waals surface area contributed by atoms with Gasteiger partial charge in [0.05, 0.1) is 5.02 Å². The molecule has 0 bridgehead atoms. The monoisotopic (exact) mass is 342 g/mol. The summed E-state index contributed by atoms with van der Waals surface area (Å²) in [6.45, 7) is 0.414. The number of unbranched alkanes of at least 4 members (excludes halogenated alkanes) is 2. The molecular weight excluding hydrogens is 327 g/mol. The average molecular weight is 343 g/mol. The van der Waals surface area contributed by atoms with E-state index in [4.69, 9.17) is 23.2 Å². The number of hydrogen-bond donors (Lipinski definition) is 1. The van der Waals surface area contributed by atoms with Crippen LogP contribution in [0, 0.1) is 0 Å². The highest BCUT2D eigenvalue weighted by atomic mass is 35.5. The van der Waals surface area contributed by atoms with Gasteiger partial charge < -0.3 is 0 Å². The van der Waals surface area contributed by atoms with Crippen molar-refractivity contribution in [1.29, 1.82) is 0 Å². The third-order valence-electron chi connectivity index (χ3n) is 2.40. The van der Waals surface area contributed by atoms with E-state index in [1.54, 1.807) is 11.8 Å². The van der Waals surface area contributed by atoms with Gasteiger partial charge >= 0.3 is 0 Å². The van der Waals surface area contributed by atoms with Gasteiger partial charge in [0.25, 0.3) is 0 Å². The fourth-order valence-electron chi connectivity index (χ4n) is 1.39. The molecule has 0 fully saturated rings. The number of nitrogens with one attached hydrogen (secondary N) is 1. The summed E-state index contributed by atoms with van der Waals surface area (Å²) in [4.78, 5) is 3.76. The van der Waals surface area contributed by atoms with Gasteiger partial charge in [-0.3, -0.25) is 0 Å². The van der Waals surface area contributed by atoms with E-state index in [0.717, 1.165) is 25.0 Å². The quantitative estimate of drug-likeness (QED) is 0.582. The normalized spacial score (nSPS) is 11.7. The van der Waals surface area contributed by atoms with Crippen LogP contribution in [-0.2, 0) is 10.0 Å². The maximum absolute atomic E-state index is 11.9. The molecule has 0 aliphatic rings. The molecule has 0 aliphatic carbocycles. The van der Waals surface area contributed by atoms with Crippen LogP contribution < -0.4 is 4.72 Å². The number of rotatable bonds is 8. The van der Waals surface area contributed by atoms with Gasteiger partial charge in [-0.1, -0.05) is 29.6 Å². The Kier molecular flexibility index (Phi) is 7.46. The molecule has 0 saturated carbocycles. The number of hydrogen-bond acceptors (Lipinski definition) is 4. The van der Waals surface area contributed by atoms with Crippen molar-refractivity contribution in [2.75, 3.05) is 18.6 Å². The molecule has 19 heavy (non-hydrogen) atoms. The molecule has 1 rings (SSSR count). The predicted octanol–water partition coefficient (Wildman–Crippen LogP) is 3.20. The summed E-state index contributed by atoms with van der Waals surface area (Å²) in [6, 6.07) is 1.30. The second kappa shape index (κ2) is 8.32. The smallest absolute Gasteiger partial charge is 0.242 e. The van der Waals surface area contributed by atoms with Crippen LogP contribution in [0.15, 0.2) is 17.2 Å². The Labute approximate surface area is 128 Å². The molecule has 1 heterocycles. The molecule has 0 radical (unpaired) electrons. The van der Waals surface area contributed by atoms with Crippen molar-refractivity contribution < 1.29 is 8.42 Å². The minimum Gasteiger partial charge on any atom is -0.242 e. The van der Waals surface area contributed by atoms with Crippen molar-refractivity contribution in [3.05, 3.63) is 22.4 Å². The first-order valence-electron chi connectivity index (χ1n) is 5.77. The van der Waals surface area contributed by atoms with E-state index in [0.29, 0.717) is 6.54 Å². The topological polar surface area (TPSA) is 59.1 Å². The van der Waals surface area contributed by atoms with E-state index in [2.05, 4.69) is 16.0 Å². The fraction of sp³-hybridized carbons (Fsp3) is 0.545. The summed E-state index contributed by atoms with van der Waals surface area (Å²) in [5.74, 6) is 1.10. The van der Waals surface area contributed by atoms with Crippen LogP contribution in [0.2, 0.25) is 10.2 Å². The Morgan fingerprint density at radius 3 is 2.68 bits per heavy atom. The lowest BCUT2D eigenvalue weighted by Crippen LogP contribution is -2.25. The van der Waals surface area contributed by atoms with Crippen LogP contribution in [0.3, 0.4) is 0 Å². The third kappa shape index (κ3) is 5.87. The second-order valence-corrected chi connectivity index (χ2v) is 7.41. The summed E-state index contributed by atoms with van der Waals surface area (Å²) in [5.41, 5.74) is 0. The van der Waals surface area contributed by atoms with Crippen molar-refractivity contribution in [2.45, 2.75) is 24.2 Å². The second-order valence-electron chi connectivity index (χ2n) is 3.89. The van der Waals surface area contributed by atoms with Crippen LogP contribution in [0.4, 0.5) is 0 Å². The predicted molar refractivity (Wildman–Crippen MR) is 81.7 cm³/mol. The Morgan fingerprint density at radius 1 is 1.32 bits per heavy atom. The van der Waals surface area contributed by atoms with E-state index >= 15 is 0 Å². The van der Waals surface area contributed by atoms with Gasteiger partial charge in [0, 0.05) is 12.7 Å². The van der Waals surface area contributed by atoms with E-state index < -0.39 is 10.0 Å². The van der Waals surface area contributed by atoms with Crippen LogP contribution in [-0.4, -0.2) is 32.0 Å². The van der Waals surface area contributed by atoms with E-state index in [9.17, 15) is 8.42 Å². The third-order valence-corrected chi connectivity index (χ3v) is 5.21. The maximum Gasteiger partial charge on any atom is 0.242 e. The van der Waals surface area contributed by atoms with Gasteiger partial charge in [-0.2, -0.15) is 11.8 Å². The first kappa shape index (κ1) is 17.0. The molecule has 1 aromatic rings. The Bertz CT molecular complexity index is 509. The van der Waals surface area contributed by atoms with Gasteiger partial charge in [0.15, 0.2) is 0 Å². The standard InChI is InChI=1S/C11H16Cl2N2O2S2/c1-18-6-4-2-3-5-15-19(16,17)9-7-10(12)11(13)14-8-9/h7-8,15H,2-6H2,1H3. The highest BCUT2D eigenvalue weighted by Gasteiger charge is 2.15. The molecule has 1 aromatic heterocycles. The number of sulfonamides is 1. The van der Waals surface area contributed by atoms with Crippen molar-refractivity contribution in [2.24, 2.45) is 0 Å².